The number of nitrogens with zero attached hydrogens (tertiary/aromatic N) is 4. The average molecular weight is 664 g/mol. The molecule has 7 nitrogen and oxygen atoms in total. The molecule has 0 bridgehead atoms. The lowest BCUT2D eigenvalue weighted by atomic mass is 9.86. The van der Waals surface area contributed by atoms with Gasteiger partial charge in [0.05, 0.1) is 17.4 Å². The van der Waals surface area contributed by atoms with Crippen molar-refractivity contribution in [3.8, 4) is 5.75 Å². The van der Waals surface area contributed by atoms with Crippen LogP contribution in [-0.2, 0) is 24.4 Å². The third-order valence-corrected chi connectivity index (χ3v) is 9.35. The fourth-order valence-electron chi connectivity index (χ4n) is 5.49. The zero-order valence-corrected chi connectivity index (χ0v) is 28.8. The van der Waals surface area contributed by atoms with Crippen LogP contribution >= 0.6 is 23.4 Å². The van der Waals surface area contributed by atoms with Gasteiger partial charge in [0.2, 0.25) is 5.91 Å². The Kier molecular flexibility index (Phi) is 9.26. The number of carbonyl (C=O) groups is 1. The molecule has 1 N–H and O–H groups in total. The third-order valence-electron chi connectivity index (χ3n) is 7.83. The number of pyridine rings is 1. The maximum absolute atomic E-state index is 13.7. The number of carbonyl (C=O) groups excluding carboxylic acids is 1. The lowest BCUT2D eigenvalue weighted by Crippen LogP contribution is -2.34. The first-order chi connectivity index (χ1) is 22.4. The van der Waals surface area contributed by atoms with Crippen molar-refractivity contribution in [1.82, 2.24) is 19.5 Å². The molecule has 47 heavy (non-hydrogen) atoms. The summed E-state index contributed by atoms with van der Waals surface area (Å²) in [7, 11) is 0. The van der Waals surface area contributed by atoms with Gasteiger partial charge in [-0.25, -0.2) is 9.97 Å². The van der Waals surface area contributed by atoms with E-state index >= 15 is 0 Å². The number of benzene rings is 3. The minimum absolute atomic E-state index is 0.0912. The molecule has 0 fully saturated rings. The van der Waals surface area contributed by atoms with Gasteiger partial charge in [-0.2, -0.15) is 0 Å². The zero-order valence-electron chi connectivity index (χ0n) is 27.3. The Balaban J connectivity index is 1.40. The number of rotatable bonds is 10. The zero-order chi connectivity index (χ0) is 33.2. The summed E-state index contributed by atoms with van der Waals surface area (Å²) < 4.78 is 8.59. The number of ether oxygens (including phenoxy) is 1. The van der Waals surface area contributed by atoms with Crippen LogP contribution in [0.25, 0.3) is 21.8 Å². The van der Waals surface area contributed by atoms with E-state index in [-0.39, 0.29) is 10.7 Å². The van der Waals surface area contributed by atoms with Crippen LogP contribution in [0.3, 0.4) is 0 Å². The summed E-state index contributed by atoms with van der Waals surface area (Å²) in [5.41, 5.74) is 4.32. The fourth-order valence-corrected chi connectivity index (χ4v) is 6.80. The summed E-state index contributed by atoms with van der Waals surface area (Å²) in [6.45, 7) is 11.5. The van der Waals surface area contributed by atoms with E-state index in [2.05, 4.69) is 77.0 Å². The Hall–Kier alpha value is -4.40. The van der Waals surface area contributed by atoms with Gasteiger partial charge >= 0.3 is 0 Å². The molecule has 0 atom stereocenters. The molecular formula is C38H38ClN5O2S. The average Bonchev–Trinajstić information content (AvgIpc) is 3.30. The summed E-state index contributed by atoms with van der Waals surface area (Å²) in [5.74, 6) is 1.07. The van der Waals surface area contributed by atoms with Crippen molar-refractivity contribution in [3.05, 3.63) is 119 Å². The topological polar surface area (TPSA) is 81.9 Å². The molecule has 1 amide bonds. The van der Waals surface area contributed by atoms with Crippen molar-refractivity contribution in [2.45, 2.75) is 63.8 Å². The van der Waals surface area contributed by atoms with Crippen LogP contribution in [0.15, 0.2) is 102 Å². The standard InChI is InChI=1S/C38H38ClN5O2S/c1-37(2,3)47-35-30-20-29(46-24-28-15-12-26-8-6-7-9-31(26)42-28)16-17-32(30)44(23-25-10-13-27(39)14-11-25)33(35)21-38(4,5)36(45)43-34-22-40-18-19-41-34/h6-20,22H,21,23-24H2,1-5H3,(H,41,43,45). The van der Waals surface area contributed by atoms with E-state index in [1.807, 2.05) is 68.1 Å². The lowest BCUT2D eigenvalue weighted by molar-refractivity contribution is -0.124. The second-order valence-corrected chi connectivity index (χ2v) is 15.5. The first-order valence-electron chi connectivity index (χ1n) is 15.6. The molecule has 0 unspecified atom stereocenters. The van der Waals surface area contributed by atoms with Gasteiger partial charge in [0.25, 0.3) is 0 Å². The number of fused-ring (bicyclic) bond motifs is 2. The summed E-state index contributed by atoms with van der Waals surface area (Å²) in [4.78, 5) is 28.0. The summed E-state index contributed by atoms with van der Waals surface area (Å²) in [6, 6.07) is 26.4. The molecular weight excluding hydrogens is 626 g/mol. The monoisotopic (exact) mass is 663 g/mol. The Morgan fingerprint density at radius 3 is 2.49 bits per heavy atom. The quantitative estimate of drug-likeness (QED) is 0.147. The van der Waals surface area contributed by atoms with Crippen LogP contribution < -0.4 is 10.1 Å². The van der Waals surface area contributed by atoms with Crippen LogP contribution in [0.1, 0.15) is 51.6 Å². The number of para-hydroxylation sites is 1. The largest absolute Gasteiger partial charge is 0.487 e. The number of hydrogen-bond donors (Lipinski definition) is 1. The third kappa shape index (κ3) is 7.77. The summed E-state index contributed by atoms with van der Waals surface area (Å²) in [5, 5.41) is 5.84. The number of thioether (sulfide) groups is 1. The van der Waals surface area contributed by atoms with Gasteiger partial charge in [0.1, 0.15) is 12.4 Å². The number of aromatic nitrogens is 4. The van der Waals surface area contributed by atoms with Crippen molar-refractivity contribution in [2.75, 3.05) is 5.32 Å². The first-order valence-corrected chi connectivity index (χ1v) is 16.8. The molecule has 0 spiro atoms. The Morgan fingerprint density at radius 2 is 1.74 bits per heavy atom. The molecule has 3 aromatic heterocycles. The van der Waals surface area contributed by atoms with Gasteiger partial charge < -0.3 is 14.6 Å². The van der Waals surface area contributed by atoms with Crippen LogP contribution in [0.5, 0.6) is 5.75 Å². The van der Waals surface area contributed by atoms with Crippen molar-refractivity contribution in [1.29, 1.82) is 0 Å². The van der Waals surface area contributed by atoms with Crippen LogP contribution in [0, 0.1) is 5.41 Å². The number of anilines is 1. The van der Waals surface area contributed by atoms with E-state index < -0.39 is 5.41 Å². The molecule has 3 aromatic carbocycles. The Bertz CT molecular complexity index is 2040. The molecule has 6 aromatic rings. The van der Waals surface area contributed by atoms with Crippen molar-refractivity contribution < 1.29 is 9.53 Å². The van der Waals surface area contributed by atoms with E-state index in [9.17, 15) is 4.79 Å². The van der Waals surface area contributed by atoms with E-state index in [1.165, 1.54) is 0 Å². The first kappa shape index (κ1) is 32.5. The minimum atomic E-state index is -0.766. The van der Waals surface area contributed by atoms with Gasteiger partial charge in [-0.05, 0) is 48.0 Å². The van der Waals surface area contributed by atoms with Crippen LogP contribution in [0.4, 0.5) is 5.82 Å². The fraction of sp³-hybridized carbons (Fsp3) is 0.263. The molecule has 9 heteroatoms. The maximum Gasteiger partial charge on any atom is 0.231 e. The van der Waals surface area contributed by atoms with Gasteiger partial charge in [-0.15, -0.1) is 11.8 Å². The molecule has 0 saturated carbocycles. The highest BCUT2D eigenvalue weighted by Gasteiger charge is 2.33. The highest BCUT2D eigenvalue weighted by Crippen LogP contribution is 2.44. The van der Waals surface area contributed by atoms with Crippen molar-refractivity contribution in [2.24, 2.45) is 5.41 Å². The van der Waals surface area contributed by atoms with Gasteiger partial charge in [0.15, 0.2) is 5.82 Å². The van der Waals surface area contributed by atoms with E-state index in [0.717, 1.165) is 49.4 Å². The molecule has 6 rings (SSSR count). The molecule has 240 valence electrons. The van der Waals surface area contributed by atoms with E-state index in [1.54, 1.807) is 18.6 Å². The normalized spacial score (nSPS) is 12.0. The minimum Gasteiger partial charge on any atom is -0.487 e. The van der Waals surface area contributed by atoms with Crippen molar-refractivity contribution >= 4 is 56.9 Å². The second kappa shape index (κ2) is 13.4. The molecule has 0 aliphatic heterocycles. The van der Waals surface area contributed by atoms with Gasteiger partial charge in [-0.1, -0.05) is 82.6 Å². The predicted octanol–water partition coefficient (Wildman–Crippen LogP) is 9.36. The summed E-state index contributed by atoms with van der Waals surface area (Å²) >= 11 is 8.05. The molecule has 0 aliphatic carbocycles. The maximum atomic E-state index is 13.7. The Morgan fingerprint density at radius 1 is 0.957 bits per heavy atom. The van der Waals surface area contributed by atoms with Gasteiger partial charge in [-0.3, -0.25) is 9.78 Å². The lowest BCUT2D eigenvalue weighted by Gasteiger charge is -2.26. The highest BCUT2D eigenvalue weighted by atomic mass is 35.5. The number of nitrogens with one attached hydrogen (secondary N) is 1. The molecule has 0 radical (unpaired) electrons. The molecule has 0 aliphatic rings. The van der Waals surface area contributed by atoms with E-state index in [4.69, 9.17) is 21.3 Å². The number of halogens is 1. The van der Waals surface area contributed by atoms with Gasteiger partial charge in [0, 0.05) is 67.4 Å². The summed E-state index contributed by atoms with van der Waals surface area (Å²) in [6.07, 6.45) is 5.21. The smallest absolute Gasteiger partial charge is 0.231 e. The Labute approximate surface area is 284 Å². The van der Waals surface area contributed by atoms with Crippen LogP contribution in [-0.4, -0.2) is 30.2 Å². The van der Waals surface area contributed by atoms with Crippen LogP contribution in [0.2, 0.25) is 5.02 Å². The number of hydrogen-bond acceptors (Lipinski definition) is 6. The molecule has 3 heterocycles. The highest BCUT2D eigenvalue weighted by molar-refractivity contribution is 8.00. The second-order valence-electron chi connectivity index (χ2n) is 13.3. The SMILES string of the molecule is CC(C)(C)Sc1c(CC(C)(C)C(=O)Nc2cnccn2)n(Cc2ccc(Cl)cc2)c2ccc(OCc3ccc4ccccc4n3)cc12. The van der Waals surface area contributed by atoms with Crippen molar-refractivity contribution in [3.63, 3.8) is 0 Å². The number of amides is 1. The molecule has 0 saturated heterocycles. The van der Waals surface area contributed by atoms with E-state index in [0.29, 0.717) is 30.4 Å². The predicted molar refractivity (Wildman–Crippen MR) is 192 cm³/mol.